The summed E-state index contributed by atoms with van der Waals surface area (Å²) >= 11 is 0. The van der Waals surface area contributed by atoms with Crippen molar-refractivity contribution in [1.29, 1.82) is 0 Å². The van der Waals surface area contributed by atoms with E-state index < -0.39 is 0 Å². The zero-order valence-corrected chi connectivity index (χ0v) is 13.0. The molecule has 0 saturated carbocycles. The van der Waals surface area contributed by atoms with Crippen LogP contribution in [-0.2, 0) is 6.42 Å². The number of hydrogen-bond donors (Lipinski definition) is 1. The second-order valence-corrected chi connectivity index (χ2v) is 5.92. The van der Waals surface area contributed by atoms with E-state index >= 15 is 0 Å². The highest BCUT2D eigenvalue weighted by Gasteiger charge is 2.09. The average molecular weight is 281 g/mol. The first-order valence-electron chi connectivity index (χ1n) is 7.48. The third-order valence-electron chi connectivity index (χ3n) is 3.46. The van der Waals surface area contributed by atoms with Crippen LogP contribution in [0.25, 0.3) is 0 Å². The molecule has 0 saturated heterocycles. The lowest BCUT2D eigenvalue weighted by atomic mass is 9.99. The number of rotatable bonds is 5. The van der Waals surface area contributed by atoms with Gasteiger partial charge in [0.05, 0.1) is 0 Å². The fourth-order valence-corrected chi connectivity index (χ4v) is 2.31. The van der Waals surface area contributed by atoms with Gasteiger partial charge in [-0.3, -0.25) is 4.79 Å². The molecule has 2 aromatic carbocycles. The van der Waals surface area contributed by atoms with E-state index in [1.807, 2.05) is 25.1 Å². The van der Waals surface area contributed by atoms with Gasteiger partial charge < -0.3 is 5.32 Å². The van der Waals surface area contributed by atoms with E-state index in [0.29, 0.717) is 12.5 Å². The molecule has 110 valence electrons. The van der Waals surface area contributed by atoms with Crippen molar-refractivity contribution in [3.8, 4) is 0 Å². The molecule has 1 amide bonds. The molecule has 0 bridgehead atoms. The summed E-state index contributed by atoms with van der Waals surface area (Å²) in [6.07, 6.45) is 0.898. The molecule has 0 spiro atoms. The number of benzene rings is 2. The summed E-state index contributed by atoms with van der Waals surface area (Å²) in [5, 5.41) is 2.97. The lowest BCUT2D eigenvalue weighted by Gasteiger charge is -2.11. The molecule has 0 heterocycles. The quantitative estimate of drug-likeness (QED) is 0.882. The Kier molecular flexibility index (Phi) is 5.15. The molecule has 0 fully saturated rings. The molecule has 2 heteroatoms. The van der Waals surface area contributed by atoms with Gasteiger partial charge in [0.25, 0.3) is 5.91 Å². The Morgan fingerprint density at radius 3 is 2.38 bits per heavy atom. The van der Waals surface area contributed by atoms with E-state index in [9.17, 15) is 4.79 Å². The highest BCUT2D eigenvalue weighted by molar-refractivity contribution is 5.95. The van der Waals surface area contributed by atoms with Crippen molar-refractivity contribution in [3.63, 3.8) is 0 Å². The van der Waals surface area contributed by atoms with E-state index in [1.165, 1.54) is 11.1 Å². The molecule has 0 atom stereocenters. The number of nitrogens with one attached hydrogen (secondary N) is 1. The number of carbonyl (C=O) groups is 1. The Bertz CT molecular complexity index is 602. The van der Waals surface area contributed by atoms with Crippen molar-refractivity contribution in [1.82, 2.24) is 5.32 Å². The predicted molar refractivity (Wildman–Crippen MR) is 87.6 cm³/mol. The molecular formula is C19H23NO. The second kappa shape index (κ2) is 7.07. The van der Waals surface area contributed by atoms with Gasteiger partial charge in [0.2, 0.25) is 0 Å². The largest absolute Gasteiger partial charge is 0.352 e. The zero-order chi connectivity index (χ0) is 15.2. The molecule has 0 unspecified atom stereocenters. The minimum Gasteiger partial charge on any atom is -0.352 e. The van der Waals surface area contributed by atoms with Crippen LogP contribution in [0, 0.1) is 12.8 Å². The fourth-order valence-electron chi connectivity index (χ4n) is 2.31. The second-order valence-electron chi connectivity index (χ2n) is 5.92. The standard InChI is InChI=1S/C19H23NO/c1-14(2)13-20-19(21)18-10-9-17(11-15(18)3)12-16-7-5-4-6-8-16/h4-11,14H,12-13H2,1-3H3,(H,20,21). The molecule has 21 heavy (non-hydrogen) atoms. The molecule has 1 N–H and O–H groups in total. The summed E-state index contributed by atoms with van der Waals surface area (Å²) in [4.78, 5) is 12.1. The van der Waals surface area contributed by atoms with Gasteiger partial charge in [-0.15, -0.1) is 0 Å². The van der Waals surface area contributed by atoms with Crippen LogP contribution >= 0.6 is 0 Å². The Morgan fingerprint density at radius 2 is 1.76 bits per heavy atom. The summed E-state index contributed by atoms with van der Waals surface area (Å²) < 4.78 is 0. The Balaban J connectivity index is 2.08. The van der Waals surface area contributed by atoms with Gasteiger partial charge in [-0.2, -0.15) is 0 Å². The van der Waals surface area contributed by atoms with Crippen molar-refractivity contribution < 1.29 is 4.79 Å². The van der Waals surface area contributed by atoms with Crippen LogP contribution < -0.4 is 5.32 Å². The molecule has 0 aliphatic carbocycles. The maximum Gasteiger partial charge on any atom is 0.251 e. The molecule has 0 aromatic heterocycles. The Morgan fingerprint density at radius 1 is 1.05 bits per heavy atom. The van der Waals surface area contributed by atoms with Crippen molar-refractivity contribution in [2.75, 3.05) is 6.54 Å². The monoisotopic (exact) mass is 281 g/mol. The van der Waals surface area contributed by atoms with Crippen molar-refractivity contribution in [2.24, 2.45) is 5.92 Å². The summed E-state index contributed by atoms with van der Waals surface area (Å²) in [6.45, 7) is 6.90. The van der Waals surface area contributed by atoms with Gasteiger partial charge in [0.15, 0.2) is 0 Å². The summed E-state index contributed by atoms with van der Waals surface area (Å²) in [6, 6.07) is 16.5. The number of hydrogen-bond acceptors (Lipinski definition) is 1. The molecule has 0 aliphatic rings. The first-order valence-corrected chi connectivity index (χ1v) is 7.48. The van der Waals surface area contributed by atoms with Crippen LogP contribution in [0.15, 0.2) is 48.5 Å². The smallest absolute Gasteiger partial charge is 0.251 e. The third-order valence-corrected chi connectivity index (χ3v) is 3.46. The van der Waals surface area contributed by atoms with E-state index in [0.717, 1.165) is 17.5 Å². The fraction of sp³-hybridized carbons (Fsp3) is 0.316. The van der Waals surface area contributed by atoms with Gasteiger partial charge >= 0.3 is 0 Å². The molecule has 0 aliphatic heterocycles. The van der Waals surface area contributed by atoms with Crippen molar-refractivity contribution >= 4 is 5.91 Å². The highest BCUT2D eigenvalue weighted by Crippen LogP contribution is 2.15. The summed E-state index contributed by atoms with van der Waals surface area (Å²) in [5.74, 6) is 0.485. The minimum absolute atomic E-state index is 0.0208. The summed E-state index contributed by atoms with van der Waals surface area (Å²) in [7, 11) is 0. The Hall–Kier alpha value is -2.09. The topological polar surface area (TPSA) is 29.1 Å². The molecule has 0 radical (unpaired) electrons. The van der Waals surface area contributed by atoms with Gasteiger partial charge in [-0.25, -0.2) is 0 Å². The van der Waals surface area contributed by atoms with Gasteiger partial charge in [-0.05, 0) is 42.0 Å². The maximum absolute atomic E-state index is 12.1. The lowest BCUT2D eigenvalue weighted by molar-refractivity contribution is 0.0948. The highest BCUT2D eigenvalue weighted by atomic mass is 16.1. The van der Waals surface area contributed by atoms with Crippen molar-refractivity contribution in [2.45, 2.75) is 27.2 Å². The van der Waals surface area contributed by atoms with Crippen LogP contribution in [0.4, 0.5) is 0 Å². The van der Waals surface area contributed by atoms with E-state index in [2.05, 4.69) is 49.5 Å². The van der Waals surface area contributed by atoms with Crippen LogP contribution in [0.2, 0.25) is 0 Å². The van der Waals surface area contributed by atoms with Crippen LogP contribution in [-0.4, -0.2) is 12.5 Å². The predicted octanol–water partition coefficient (Wildman–Crippen LogP) is 3.97. The van der Waals surface area contributed by atoms with Crippen LogP contribution in [0.1, 0.15) is 40.9 Å². The first kappa shape index (κ1) is 15.3. The van der Waals surface area contributed by atoms with Gasteiger partial charge in [0.1, 0.15) is 0 Å². The number of aryl methyl sites for hydroxylation is 1. The first-order chi connectivity index (χ1) is 10.1. The molecule has 2 rings (SSSR count). The zero-order valence-electron chi connectivity index (χ0n) is 13.0. The van der Waals surface area contributed by atoms with E-state index in [4.69, 9.17) is 0 Å². The van der Waals surface area contributed by atoms with Crippen LogP contribution in [0.3, 0.4) is 0 Å². The maximum atomic E-state index is 12.1. The third kappa shape index (κ3) is 4.45. The number of carbonyl (C=O) groups excluding carboxylic acids is 1. The lowest BCUT2D eigenvalue weighted by Crippen LogP contribution is -2.27. The minimum atomic E-state index is 0.0208. The van der Waals surface area contributed by atoms with E-state index in [-0.39, 0.29) is 5.91 Å². The molecular weight excluding hydrogens is 258 g/mol. The Labute approximate surface area is 127 Å². The van der Waals surface area contributed by atoms with Crippen molar-refractivity contribution in [3.05, 3.63) is 70.8 Å². The number of amides is 1. The normalized spacial score (nSPS) is 10.7. The van der Waals surface area contributed by atoms with Gasteiger partial charge in [-0.1, -0.05) is 56.3 Å². The van der Waals surface area contributed by atoms with Gasteiger partial charge in [0, 0.05) is 12.1 Å². The van der Waals surface area contributed by atoms with E-state index in [1.54, 1.807) is 0 Å². The average Bonchev–Trinajstić information content (AvgIpc) is 2.46. The molecule has 2 nitrogen and oxygen atoms in total. The SMILES string of the molecule is Cc1cc(Cc2ccccc2)ccc1C(=O)NCC(C)C. The summed E-state index contributed by atoms with van der Waals surface area (Å²) in [5.41, 5.74) is 4.32. The van der Waals surface area contributed by atoms with Crippen LogP contribution in [0.5, 0.6) is 0 Å². The molecule has 2 aromatic rings.